The van der Waals surface area contributed by atoms with Gasteiger partial charge < -0.3 is 9.84 Å². The Balaban J connectivity index is 1.85. The number of benzene rings is 2. The molecule has 1 atom stereocenters. The molecular weight excluding hydrogens is 266 g/mol. The molecule has 0 heterocycles. The summed E-state index contributed by atoms with van der Waals surface area (Å²) in [5, 5.41) is 12.3. The van der Waals surface area contributed by atoms with Crippen LogP contribution >= 0.6 is 0 Å². The lowest BCUT2D eigenvalue weighted by molar-refractivity contribution is -0.139. The van der Waals surface area contributed by atoms with Crippen LogP contribution in [0.3, 0.4) is 0 Å². The standard InChI is InChI=1S/C17H19NO3/c1-13-6-5-9-15(12-13)21-11-10-18-16(17(19)20)14-7-3-2-4-8-14/h2-9,12,16,18H,10-11H2,1H3,(H,19,20). The molecule has 2 N–H and O–H groups in total. The summed E-state index contributed by atoms with van der Waals surface area (Å²) in [6, 6.07) is 16.2. The van der Waals surface area contributed by atoms with E-state index in [0.29, 0.717) is 13.2 Å². The van der Waals surface area contributed by atoms with E-state index < -0.39 is 12.0 Å². The highest BCUT2D eigenvalue weighted by atomic mass is 16.5. The molecule has 0 aromatic heterocycles. The van der Waals surface area contributed by atoms with E-state index in [2.05, 4.69) is 5.32 Å². The minimum atomic E-state index is -0.892. The third-order valence-corrected chi connectivity index (χ3v) is 3.09. The molecule has 0 saturated heterocycles. The van der Waals surface area contributed by atoms with Crippen molar-refractivity contribution in [3.8, 4) is 5.75 Å². The van der Waals surface area contributed by atoms with E-state index in [0.717, 1.165) is 16.9 Å². The highest BCUT2D eigenvalue weighted by molar-refractivity contribution is 5.75. The Labute approximate surface area is 124 Å². The van der Waals surface area contributed by atoms with Crippen LogP contribution in [0.2, 0.25) is 0 Å². The van der Waals surface area contributed by atoms with Crippen molar-refractivity contribution >= 4 is 5.97 Å². The Hall–Kier alpha value is -2.33. The van der Waals surface area contributed by atoms with Gasteiger partial charge >= 0.3 is 5.97 Å². The van der Waals surface area contributed by atoms with E-state index in [1.54, 1.807) is 12.1 Å². The summed E-state index contributed by atoms with van der Waals surface area (Å²) in [4.78, 5) is 11.3. The molecule has 2 aromatic carbocycles. The molecule has 0 spiro atoms. The van der Waals surface area contributed by atoms with Gasteiger partial charge in [0.05, 0.1) is 0 Å². The zero-order valence-corrected chi connectivity index (χ0v) is 12.0. The van der Waals surface area contributed by atoms with Crippen molar-refractivity contribution in [3.63, 3.8) is 0 Å². The van der Waals surface area contributed by atoms with Crippen LogP contribution in [0.5, 0.6) is 5.75 Å². The Morgan fingerprint density at radius 1 is 1.19 bits per heavy atom. The number of aryl methyl sites for hydroxylation is 1. The second-order valence-electron chi connectivity index (χ2n) is 4.80. The lowest BCUT2D eigenvalue weighted by Gasteiger charge is -2.15. The molecule has 0 aliphatic carbocycles. The molecule has 21 heavy (non-hydrogen) atoms. The number of carboxylic acids is 1. The molecule has 0 aliphatic heterocycles. The lowest BCUT2D eigenvalue weighted by atomic mass is 10.1. The average molecular weight is 285 g/mol. The second kappa shape index (κ2) is 7.45. The normalized spacial score (nSPS) is 11.9. The predicted molar refractivity (Wildman–Crippen MR) is 81.5 cm³/mol. The molecule has 2 aromatic rings. The van der Waals surface area contributed by atoms with E-state index in [9.17, 15) is 9.90 Å². The maximum absolute atomic E-state index is 11.3. The quantitative estimate of drug-likeness (QED) is 0.768. The van der Waals surface area contributed by atoms with Crippen LogP contribution in [0.4, 0.5) is 0 Å². The van der Waals surface area contributed by atoms with E-state index in [4.69, 9.17) is 4.74 Å². The van der Waals surface area contributed by atoms with Crippen molar-refractivity contribution in [2.24, 2.45) is 0 Å². The maximum Gasteiger partial charge on any atom is 0.325 e. The average Bonchev–Trinajstić information content (AvgIpc) is 2.48. The first-order valence-corrected chi connectivity index (χ1v) is 6.87. The first-order chi connectivity index (χ1) is 10.2. The molecule has 4 nitrogen and oxygen atoms in total. The van der Waals surface area contributed by atoms with Crippen LogP contribution < -0.4 is 10.1 Å². The summed E-state index contributed by atoms with van der Waals surface area (Å²) in [5.74, 6) is -0.0971. The zero-order valence-electron chi connectivity index (χ0n) is 12.0. The van der Waals surface area contributed by atoms with Gasteiger partial charge in [-0.05, 0) is 30.2 Å². The molecule has 0 fully saturated rings. The van der Waals surface area contributed by atoms with Crippen molar-refractivity contribution in [3.05, 3.63) is 65.7 Å². The maximum atomic E-state index is 11.3. The summed E-state index contributed by atoms with van der Waals surface area (Å²) >= 11 is 0. The minimum Gasteiger partial charge on any atom is -0.492 e. The van der Waals surface area contributed by atoms with Crippen molar-refractivity contribution in [2.75, 3.05) is 13.2 Å². The van der Waals surface area contributed by atoms with Crippen LogP contribution in [-0.4, -0.2) is 24.2 Å². The van der Waals surface area contributed by atoms with Crippen LogP contribution in [0.15, 0.2) is 54.6 Å². The number of aliphatic carboxylic acids is 1. The van der Waals surface area contributed by atoms with Crippen LogP contribution in [0, 0.1) is 6.92 Å². The van der Waals surface area contributed by atoms with Gasteiger partial charge in [-0.1, -0.05) is 42.5 Å². The fourth-order valence-electron chi connectivity index (χ4n) is 2.07. The molecule has 0 amide bonds. The molecule has 0 bridgehead atoms. The zero-order chi connectivity index (χ0) is 15.1. The SMILES string of the molecule is Cc1cccc(OCCNC(C(=O)O)c2ccccc2)c1. The fraction of sp³-hybridized carbons (Fsp3) is 0.235. The second-order valence-corrected chi connectivity index (χ2v) is 4.80. The summed E-state index contributed by atoms with van der Waals surface area (Å²) < 4.78 is 5.60. The molecule has 0 saturated carbocycles. The lowest BCUT2D eigenvalue weighted by Crippen LogP contribution is -2.31. The van der Waals surface area contributed by atoms with Crippen LogP contribution in [0.25, 0.3) is 0 Å². The Kier molecular flexibility index (Phi) is 5.35. The largest absolute Gasteiger partial charge is 0.492 e. The topological polar surface area (TPSA) is 58.6 Å². The minimum absolute atomic E-state index is 0.417. The van der Waals surface area contributed by atoms with Crippen molar-refractivity contribution in [1.82, 2.24) is 5.32 Å². The van der Waals surface area contributed by atoms with Gasteiger partial charge in [0, 0.05) is 6.54 Å². The molecule has 4 heteroatoms. The van der Waals surface area contributed by atoms with Gasteiger partial charge in [-0.25, -0.2) is 0 Å². The van der Waals surface area contributed by atoms with E-state index in [-0.39, 0.29) is 0 Å². The molecule has 2 rings (SSSR count). The number of carboxylic acid groups (broad SMARTS) is 1. The number of nitrogens with one attached hydrogen (secondary N) is 1. The third-order valence-electron chi connectivity index (χ3n) is 3.09. The highest BCUT2D eigenvalue weighted by Gasteiger charge is 2.18. The number of carbonyl (C=O) groups is 1. The predicted octanol–water partition coefficient (Wildman–Crippen LogP) is 2.79. The van der Waals surface area contributed by atoms with Crippen molar-refractivity contribution < 1.29 is 14.6 Å². The molecule has 0 aliphatic rings. The summed E-state index contributed by atoms with van der Waals surface area (Å²) in [5.41, 5.74) is 1.87. The monoisotopic (exact) mass is 285 g/mol. The molecular formula is C17H19NO3. The molecule has 0 radical (unpaired) electrons. The van der Waals surface area contributed by atoms with Gasteiger partial charge in [0.1, 0.15) is 18.4 Å². The van der Waals surface area contributed by atoms with E-state index in [1.807, 2.05) is 49.4 Å². The number of ether oxygens (including phenoxy) is 1. The third kappa shape index (κ3) is 4.61. The first-order valence-electron chi connectivity index (χ1n) is 6.87. The fourth-order valence-corrected chi connectivity index (χ4v) is 2.07. The van der Waals surface area contributed by atoms with Crippen LogP contribution in [-0.2, 0) is 4.79 Å². The van der Waals surface area contributed by atoms with E-state index >= 15 is 0 Å². The van der Waals surface area contributed by atoms with Gasteiger partial charge in [0.25, 0.3) is 0 Å². The Morgan fingerprint density at radius 2 is 1.95 bits per heavy atom. The van der Waals surface area contributed by atoms with Crippen LogP contribution in [0.1, 0.15) is 17.2 Å². The Morgan fingerprint density at radius 3 is 2.62 bits per heavy atom. The van der Waals surface area contributed by atoms with Gasteiger partial charge in [-0.15, -0.1) is 0 Å². The van der Waals surface area contributed by atoms with E-state index in [1.165, 1.54) is 0 Å². The Bertz CT molecular complexity index is 584. The van der Waals surface area contributed by atoms with Crippen molar-refractivity contribution in [2.45, 2.75) is 13.0 Å². The van der Waals surface area contributed by atoms with Gasteiger partial charge in [-0.3, -0.25) is 10.1 Å². The summed E-state index contributed by atoms with van der Waals surface area (Å²) in [7, 11) is 0. The number of hydrogen-bond acceptors (Lipinski definition) is 3. The number of rotatable bonds is 7. The first kappa shape index (κ1) is 15.1. The number of hydrogen-bond donors (Lipinski definition) is 2. The van der Waals surface area contributed by atoms with Crippen molar-refractivity contribution in [1.29, 1.82) is 0 Å². The summed E-state index contributed by atoms with van der Waals surface area (Å²) in [6.45, 7) is 2.88. The summed E-state index contributed by atoms with van der Waals surface area (Å²) in [6.07, 6.45) is 0. The smallest absolute Gasteiger partial charge is 0.325 e. The molecule has 110 valence electrons. The van der Waals surface area contributed by atoms with Gasteiger partial charge in [0.2, 0.25) is 0 Å². The molecule has 1 unspecified atom stereocenters. The highest BCUT2D eigenvalue weighted by Crippen LogP contribution is 2.13. The van der Waals surface area contributed by atoms with Gasteiger partial charge in [0.15, 0.2) is 0 Å². The van der Waals surface area contributed by atoms with Gasteiger partial charge in [-0.2, -0.15) is 0 Å².